The van der Waals surface area contributed by atoms with Crippen molar-refractivity contribution in [2.75, 3.05) is 37.6 Å². The Balaban J connectivity index is 1.13. The minimum absolute atomic E-state index is 0.0569. The minimum atomic E-state index is -4.33. The van der Waals surface area contributed by atoms with Gasteiger partial charge >= 0.3 is 6.18 Å². The Kier molecular flexibility index (Phi) is 6.27. The molecule has 2 aromatic carbocycles. The van der Waals surface area contributed by atoms with Crippen LogP contribution in [0.2, 0.25) is 0 Å². The number of aromatic nitrogens is 3. The lowest BCUT2D eigenvalue weighted by atomic mass is 10.1. The van der Waals surface area contributed by atoms with Crippen molar-refractivity contribution >= 4 is 27.6 Å². The Bertz CT molecular complexity index is 1400. The third-order valence-corrected chi connectivity index (χ3v) is 6.76. The van der Waals surface area contributed by atoms with E-state index in [1.807, 2.05) is 30.0 Å². The number of benzene rings is 2. The number of nitrogens with one attached hydrogen (secondary N) is 1. The van der Waals surface area contributed by atoms with Gasteiger partial charge in [-0.25, -0.2) is 4.98 Å². The van der Waals surface area contributed by atoms with Gasteiger partial charge < -0.3 is 9.88 Å². The molecule has 0 radical (unpaired) electrons. The number of anilines is 1. The molecule has 184 valence electrons. The number of hydrogen-bond acceptors (Lipinski definition) is 4. The maximum absolute atomic E-state index is 13.0. The molecule has 2 aromatic heterocycles. The van der Waals surface area contributed by atoms with Gasteiger partial charge in [0.2, 0.25) is 0 Å². The molecule has 1 fully saturated rings. The summed E-state index contributed by atoms with van der Waals surface area (Å²) in [7, 11) is 0. The molecule has 1 aliphatic heterocycles. The van der Waals surface area contributed by atoms with E-state index in [1.165, 1.54) is 12.1 Å². The number of fused-ring (bicyclic) bond motifs is 3. The van der Waals surface area contributed by atoms with Crippen molar-refractivity contribution in [1.29, 1.82) is 0 Å². The fourth-order valence-electron chi connectivity index (χ4n) is 4.79. The molecule has 3 heterocycles. The standard InChI is InChI=1S/C26H28F3N5O/c1-18-7-8-22-21(15-18)23-24(31-22)25(35)34(17-30-23)10-3-2-9-32-11-13-33(14-12-32)20-6-4-5-19(16-20)26(27,28)29/h4-8,15-17,31H,2-3,9-14H2,1H3. The number of piperazine rings is 1. The Labute approximate surface area is 201 Å². The largest absolute Gasteiger partial charge is 0.416 e. The van der Waals surface area contributed by atoms with Crippen LogP contribution < -0.4 is 10.5 Å². The number of halogens is 3. The fraction of sp³-hybridized carbons (Fsp3) is 0.385. The van der Waals surface area contributed by atoms with Gasteiger partial charge in [-0.3, -0.25) is 14.3 Å². The van der Waals surface area contributed by atoms with Gasteiger partial charge in [-0.05, 0) is 56.6 Å². The lowest BCUT2D eigenvalue weighted by Gasteiger charge is -2.36. The Morgan fingerprint density at radius 1 is 1.00 bits per heavy atom. The second-order valence-electron chi connectivity index (χ2n) is 9.22. The van der Waals surface area contributed by atoms with Crippen LogP contribution in [0.5, 0.6) is 0 Å². The van der Waals surface area contributed by atoms with Crippen molar-refractivity contribution in [2.45, 2.75) is 32.5 Å². The average molecular weight is 484 g/mol. The van der Waals surface area contributed by atoms with Crippen LogP contribution in [0.4, 0.5) is 18.9 Å². The summed E-state index contributed by atoms with van der Waals surface area (Å²) >= 11 is 0. The molecule has 35 heavy (non-hydrogen) atoms. The lowest BCUT2D eigenvalue weighted by Crippen LogP contribution is -2.46. The van der Waals surface area contributed by atoms with Crippen LogP contribution in [0.25, 0.3) is 21.9 Å². The second-order valence-corrected chi connectivity index (χ2v) is 9.22. The predicted octanol–water partition coefficient (Wildman–Crippen LogP) is 4.81. The molecule has 0 atom stereocenters. The summed E-state index contributed by atoms with van der Waals surface area (Å²) in [5.74, 6) is 0. The van der Waals surface area contributed by atoms with E-state index in [4.69, 9.17) is 0 Å². The van der Waals surface area contributed by atoms with Gasteiger partial charge in [0.05, 0.1) is 11.9 Å². The van der Waals surface area contributed by atoms with Gasteiger partial charge in [0.1, 0.15) is 11.0 Å². The third kappa shape index (κ3) is 4.91. The molecule has 6 nitrogen and oxygen atoms in total. The van der Waals surface area contributed by atoms with Crippen LogP contribution in [0.15, 0.2) is 53.6 Å². The first kappa shape index (κ1) is 23.4. The second kappa shape index (κ2) is 9.37. The topological polar surface area (TPSA) is 57.2 Å². The van der Waals surface area contributed by atoms with Crippen LogP contribution in [0.3, 0.4) is 0 Å². The SMILES string of the molecule is Cc1ccc2[nH]c3c(=O)n(CCCCN4CCN(c5cccc(C(F)(F)F)c5)CC4)cnc3c2c1. The van der Waals surface area contributed by atoms with E-state index in [1.54, 1.807) is 17.0 Å². The summed E-state index contributed by atoms with van der Waals surface area (Å²) in [6.07, 6.45) is -0.915. The molecule has 0 spiro atoms. The summed E-state index contributed by atoms with van der Waals surface area (Å²) in [6.45, 7) is 6.51. The minimum Gasteiger partial charge on any atom is -0.369 e. The van der Waals surface area contributed by atoms with Gasteiger partial charge in [0.25, 0.3) is 5.56 Å². The van der Waals surface area contributed by atoms with E-state index >= 15 is 0 Å². The van der Waals surface area contributed by atoms with Crippen molar-refractivity contribution in [2.24, 2.45) is 0 Å². The highest BCUT2D eigenvalue weighted by Crippen LogP contribution is 2.32. The molecule has 9 heteroatoms. The van der Waals surface area contributed by atoms with Gasteiger partial charge in [-0.1, -0.05) is 17.7 Å². The number of unbranched alkanes of at least 4 members (excludes halogenated alkanes) is 1. The van der Waals surface area contributed by atoms with E-state index in [9.17, 15) is 18.0 Å². The number of hydrogen-bond donors (Lipinski definition) is 1. The molecule has 1 N–H and O–H groups in total. The molecule has 0 unspecified atom stereocenters. The Morgan fingerprint density at radius 2 is 1.77 bits per heavy atom. The monoisotopic (exact) mass is 483 g/mol. The maximum Gasteiger partial charge on any atom is 0.416 e. The highest BCUT2D eigenvalue weighted by molar-refractivity contribution is 6.04. The smallest absolute Gasteiger partial charge is 0.369 e. The van der Waals surface area contributed by atoms with E-state index in [0.29, 0.717) is 36.4 Å². The summed E-state index contributed by atoms with van der Waals surface area (Å²) in [5, 5.41) is 0.966. The number of H-pyrrole nitrogens is 1. The molecule has 5 rings (SSSR count). The Morgan fingerprint density at radius 3 is 2.54 bits per heavy atom. The molecule has 0 aliphatic carbocycles. The molecule has 1 saturated heterocycles. The first-order chi connectivity index (χ1) is 16.8. The molecular formula is C26H28F3N5O. The van der Waals surface area contributed by atoms with Crippen LogP contribution in [-0.2, 0) is 12.7 Å². The zero-order valence-corrected chi connectivity index (χ0v) is 19.6. The lowest BCUT2D eigenvalue weighted by molar-refractivity contribution is -0.137. The average Bonchev–Trinajstić information content (AvgIpc) is 3.21. The molecular weight excluding hydrogens is 455 g/mol. The normalized spacial score (nSPS) is 15.4. The zero-order valence-electron chi connectivity index (χ0n) is 19.6. The first-order valence-corrected chi connectivity index (χ1v) is 11.9. The number of aromatic amines is 1. The van der Waals surface area contributed by atoms with Crippen LogP contribution in [0, 0.1) is 6.92 Å². The molecule has 0 bridgehead atoms. The highest BCUT2D eigenvalue weighted by atomic mass is 19.4. The number of rotatable bonds is 6. The molecule has 1 aliphatic rings. The summed E-state index contributed by atoms with van der Waals surface area (Å²) in [5.41, 5.74) is 3.25. The number of aryl methyl sites for hydroxylation is 2. The van der Waals surface area contributed by atoms with Gasteiger partial charge in [0, 0.05) is 49.3 Å². The molecule has 0 saturated carbocycles. The van der Waals surface area contributed by atoms with Gasteiger partial charge in [-0.2, -0.15) is 13.2 Å². The van der Waals surface area contributed by atoms with Crippen molar-refractivity contribution in [3.05, 3.63) is 70.3 Å². The van der Waals surface area contributed by atoms with Crippen LogP contribution >= 0.6 is 0 Å². The van der Waals surface area contributed by atoms with E-state index in [0.717, 1.165) is 55.0 Å². The van der Waals surface area contributed by atoms with Gasteiger partial charge in [0.15, 0.2) is 0 Å². The van der Waals surface area contributed by atoms with Crippen molar-refractivity contribution in [1.82, 2.24) is 19.4 Å². The zero-order chi connectivity index (χ0) is 24.6. The number of alkyl halides is 3. The van der Waals surface area contributed by atoms with Gasteiger partial charge in [-0.15, -0.1) is 0 Å². The molecule has 0 amide bonds. The van der Waals surface area contributed by atoms with Crippen LogP contribution in [0.1, 0.15) is 24.0 Å². The van der Waals surface area contributed by atoms with Crippen LogP contribution in [-0.4, -0.2) is 52.2 Å². The van der Waals surface area contributed by atoms with Crippen molar-refractivity contribution in [3.63, 3.8) is 0 Å². The summed E-state index contributed by atoms with van der Waals surface area (Å²) in [6, 6.07) is 11.6. The highest BCUT2D eigenvalue weighted by Gasteiger charge is 2.31. The molecule has 4 aromatic rings. The van der Waals surface area contributed by atoms with E-state index in [2.05, 4.69) is 14.9 Å². The summed E-state index contributed by atoms with van der Waals surface area (Å²) in [4.78, 5) is 25.0. The fourth-order valence-corrected chi connectivity index (χ4v) is 4.79. The van der Waals surface area contributed by atoms with Crippen molar-refractivity contribution < 1.29 is 13.2 Å². The van der Waals surface area contributed by atoms with E-state index < -0.39 is 11.7 Å². The third-order valence-electron chi connectivity index (χ3n) is 6.76. The maximum atomic E-state index is 13.0. The Hall–Kier alpha value is -3.33. The van der Waals surface area contributed by atoms with Crippen molar-refractivity contribution in [3.8, 4) is 0 Å². The predicted molar refractivity (Wildman–Crippen MR) is 132 cm³/mol. The quantitative estimate of drug-likeness (QED) is 0.400. The number of nitrogens with zero attached hydrogens (tertiary/aromatic N) is 4. The summed E-state index contributed by atoms with van der Waals surface area (Å²) < 4.78 is 40.7. The first-order valence-electron chi connectivity index (χ1n) is 11.9. The van der Waals surface area contributed by atoms with E-state index in [-0.39, 0.29) is 5.56 Å².